The van der Waals surface area contributed by atoms with E-state index in [0.717, 1.165) is 0 Å². The van der Waals surface area contributed by atoms with Gasteiger partial charge < -0.3 is 0 Å². The third kappa shape index (κ3) is 2.40. The SMILES string of the molecule is C[CH2][Ti]([CH2]C)([CH]1C=Cc2ccccc21)[CH]1c2ccccc2-c2ccccc21. The molecular weight excluding hydrogens is 360 g/mol. The fourth-order valence-corrected chi connectivity index (χ4v) is 14.6. The molecule has 0 bridgehead atoms. The van der Waals surface area contributed by atoms with Gasteiger partial charge in [0.25, 0.3) is 0 Å². The molecule has 27 heavy (non-hydrogen) atoms. The van der Waals surface area contributed by atoms with Crippen LogP contribution in [0.15, 0.2) is 78.9 Å². The summed E-state index contributed by atoms with van der Waals surface area (Å²) in [6.07, 6.45) is 4.94. The quantitative estimate of drug-likeness (QED) is 0.406. The summed E-state index contributed by atoms with van der Waals surface area (Å²) in [7, 11) is 0. The molecule has 0 fully saturated rings. The van der Waals surface area contributed by atoms with Crippen LogP contribution in [0.25, 0.3) is 17.2 Å². The zero-order valence-electron chi connectivity index (χ0n) is 16.2. The van der Waals surface area contributed by atoms with Crippen LogP contribution >= 0.6 is 0 Å². The van der Waals surface area contributed by atoms with Crippen LogP contribution in [0.2, 0.25) is 9.45 Å². The number of hydrogen-bond donors (Lipinski definition) is 0. The van der Waals surface area contributed by atoms with E-state index in [0.29, 0.717) is 8.45 Å². The van der Waals surface area contributed by atoms with Crippen molar-refractivity contribution in [1.29, 1.82) is 0 Å². The van der Waals surface area contributed by atoms with Gasteiger partial charge in [-0.1, -0.05) is 0 Å². The second-order valence-corrected chi connectivity index (χ2v) is 15.9. The Bertz CT molecular complexity index is 980. The second kappa shape index (κ2) is 6.62. The van der Waals surface area contributed by atoms with E-state index in [-0.39, 0.29) is 0 Å². The predicted octanol–water partition coefficient (Wildman–Crippen LogP) is 7.55. The maximum atomic E-state index is 2.56. The molecule has 1 atom stereocenters. The van der Waals surface area contributed by atoms with Crippen molar-refractivity contribution in [1.82, 2.24) is 0 Å². The van der Waals surface area contributed by atoms with Gasteiger partial charge in [-0.15, -0.1) is 0 Å². The summed E-state index contributed by atoms with van der Waals surface area (Å²) in [6.45, 7) is 4.95. The van der Waals surface area contributed by atoms with E-state index in [9.17, 15) is 0 Å². The molecule has 3 aromatic rings. The van der Waals surface area contributed by atoms with Gasteiger partial charge in [-0.05, 0) is 0 Å². The third-order valence-electron chi connectivity index (χ3n) is 7.14. The average Bonchev–Trinajstić information content (AvgIpc) is 3.31. The molecular formula is C26H26Ti. The van der Waals surface area contributed by atoms with Gasteiger partial charge in [-0.2, -0.15) is 0 Å². The van der Waals surface area contributed by atoms with E-state index >= 15 is 0 Å². The van der Waals surface area contributed by atoms with Crippen molar-refractivity contribution in [2.75, 3.05) is 0 Å². The normalized spacial score (nSPS) is 17.6. The summed E-state index contributed by atoms with van der Waals surface area (Å²) in [5, 5.41) is 0. The van der Waals surface area contributed by atoms with E-state index in [1.54, 1.807) is 16.7 Å². The molecule has 0 heterocycles. The third-order valence-corrected chi connectivity index (χ3v) is 16.7. The first-order chi connectivity index (χ1) is 13.3. The Hall–Kier alpha value is -1.89. The first-order valence-corrected chi connectivity index (χ1v) is 14.3. The summed E-state index contributed by atoms with van der Waals surface area (Å²) < 4.78 is 3.99. The van der Waals surface area contributed by atoms with Crippen molar-refractivity contribution in [3.05, 3.63) is 101 Å². The van der Waals surface area contributed by atoms with Crippen LogP contribution in [-0.4, -0.2) is 0 Å². The van der Waals surface area contributed by atoms with Crippen LogP contribution in [0.3, 0.4) is 0 Å². The number of allylic oxidation sites excluding steroid dienone is 1. The molecule has 1 heteroatoms. The molecule has 0 amide bonds. The van der Waals surface area contributed by atoms with Crippen LogP contribution in [0.5, 0.6) is 0 Å². The van der Waals surface area contributed by atoms with Gasteiger partial charge in [-0.3, -0.25) is 0 Å². The molecule has 1 unspecified atom stereocenters. The first-order valence-electron chi connectivity index (χ1n) is 10.3. The standard InChI is InChI=1S/C13H9.C9H7.2C2H5.Ti/c1-3-7-12-10(5-1)9-11-6-2-4-8-13(11)12;1-2-5-9-7-3-6-8(9)4-1;2*1-2;/h1-9H;1-7H;2*1H2,2H3;. The Morgan fingerprint density at radius 3 is 1.78 bits per heavy atom. The van der Waals surface area contributed by atoms with E-state index in [1.165, 1.54) is 26.1 Å². The van der Waals surface area contributed by atoms with Gasteiger partial charge in [0.2, 0.25) is 0 Å². The van der Waals surface area contributed by atoms with Crippen LogP contribution in [0.1, 0.15) is 44.5 Å². The minimum atomic E-state index is -2.38. The number of fused-ring (bicyclic) bond motifs is 4. The Labute approximate surface area is 166 Å². The summed E-state index contributed by atoms with van der Waals surface area (Å²) >= 11 is -2.38. The summed E-state index contributed by atoms with van der Waals surface area (Å²) in [4.78, 5) is 0. The van der Waals surface area contributed by atoms with E-state index < -0.39 is 16.6 Å². The van der Waals surface area contributed by atoms with E-state index in [1.807, 2.05) is 0 Å². The molecule has 0 aliphatic heterocycles. The zero-order chi connectivity index (χ0) is 18.4. The van der Waals surface area contributed by atoms with Crippen molar-refractivity contribution >= 4 is 6.08 Å². The van der Waals surface area contributed by atoms with Gasteiger partial charge in [-0.25, -0.2) is 0 Å². The molecule has 0 saturated heterocycles. The van der Waals surface area contributed by atoms with Gasteiger partial charge in [0.15, 0.2) is 0 Å². The Morgan fingerprint density at radius 2 is 1.19 bits per heavy atom. The topological polar surface area (TPSA) is 0 Å². The monoisotopic (exact) mass is 386 g/mol. The second-order valence-electron chi connectivity index (χ2n) is 8.01. The number of hydrogen-bond acceptors (Lipinski definition) is 0. The molecule has 0 N–H and O–H groups in total. The number of benzene rings is 3. The minimum absolute atomic E-state index is 0.633. The fourth-order valence-electron chi connectivity index (χ4n) is 5.80. The summed E-state index contributed by atoms with van der Waals surface area (Å²) in [5.74, 6) is 0. The molecule has 2 aliphatic carbocycles. The molecule has 0 spiro atoms. The average molecular weight is 386 g/mol. The Morgan fingerprint density at radius 1 is 0.667 bits per heavy atom. The van der Waals surface area contributed by atoms with Gasteiger partial charge in [0.05, 0.1) is 0 Å². The predicted molar refractivity (Wildman–Crippen MR) is 113 cm³/mol. The number of rotatable bonds is 4. The van der Waals surface area contributed by atoms with Gasteiger partial charge in [0, 0.05) is 0 Å². The van der Waals surface area contributed by atoms with Gasteiger partial charge >= 0.3 is 167 Å². The molecule has 0 radical (unpaired) electrons. The molecule has 5 rings (SSSR count). The van der Waals surface area contributed by atoms with Crippen molar-refractivity contribution in [3.8, 4) is 11.1 Å². The maximum absolute atomic E-state index is 2.56. The van der Waals surface area contributed by atoms with Crippen LogP contribution in [-0.2, 0) is 16.6 Å². The van der Waals surface area contributed by atoms with Crippen molar-refractivity contribution in [3.63, 3.8) is 0 Å². The van der Waals surface area contributed by atoms with Crippen molar-refractivity contribution in [2.45, 2.75) is 31.7 Å². The van der Waals surface area contributed by atoms with Crippen LogP contribution in [0, 0.1) is 0 Å². The molecule has 3 aromatic carbocycles. The van der Waals surface area contributed by atoms with E-state index in [2.05, 4.69) is 98.8 Å². The van der Waals surface area contributed by atoms with Crippen molar-refractivity contribution in [2.24, 2.45) is 0 Å². The summed E-state index contributed by atoms with van der Waals surface area (Å²) in [6, 6.07) is 27.5. The zero-order valence-corrected chi connectivity index (χ0v) is 17.7. The molecule has 0 aromatic heterocycles. The van der Waals surface area contributed by atoms with Gasteiger partial charge in [0.1, 0.15) is 0 Å². The van der Waals surface area contributed by atoms with E-state index in [4.69, 9.17) is 0 Å². The Balaban J connectivity index is 1.75. The molecule has 0 nitrogen and oxygen atoms in total. The van der Waals surface area contributed by atoms with Crippen LogP contribution in [0.4, 0.5) is 0 Å². The molecule has 2 aliphatic rings. The Kier molecular flexibility index (Phi) is 4.22. The fraction of sp³-hybridized carbons (Fsp3) is 0.231. The molecule has 0 saturated carbocycles. The first kappa shape index (κ1) is 17.2. The molecule has 134 valence electrons. The summed E-state index contributed by atoms with van der Waals surface area (Å²) in [5.41, 5.74) is 9.18. The van der Waals surface area contributed by atoms with Crippen molar-refractivity contribution < 1.29 is 16.6 Å². The van der Waals surface area contributed by atoms with Crippen LogP contribution < -0.4 is 0 Å².